The molecular formula is C5H19NSi. The molecule has 0 radical (unpaired) electrons. The van der Waals surface area contributed by atoms with Crippen molar-refractivity contribution in [2.75, 3.05) is 7.05 Å². The number of nitrogens with one attached hydrogen (secondary N) is 1. The minimum Gasteiger partial charge on any atom is -0.343 e. The fourth-order valence-electron chi connectivity index (χ4n) is 0. The Morgan fingerprint density at radius 1 is 1.14 bits per heavy atom. The second kappa shape index (κ2) is 9.49. The molecule has 0 fully saturated rings. The normalized spacial score (nSPS) is 6.86. The zero-order valence-electron chi connectivity index (χ0n) is 4.08. The van der Waals surface area contributed by atoms with Gasteiger partial charge in [0.1, 0.15) is 8.96 Å². The first-order valence-corrected chi connectivity index (χ1v) is 4.83. The maximum Gasteiger partial charge on any atom is 0.102 e. The third-order valence-electron chi connectivity index (χ3n) is 0.577. The molecule has 0 aromatic carbocycles. The third-order valence-corrected chi connectivity index (χ3v) is 1.73. The first kappa shape index (κ1) is 15.7. The summed E-state index contributed by atoms with van der Waals surface area (Å²) in [5.74, 6) is 0. The van der Waals surface area contributed by atoms with E-state index in [0.717, 1.165) is 0 Å². The van der Waals surface area contributed by atoms with Gasteiger partial charge in [0, 0.05) is 0 Å². The van der Waals surface area contributed by atoms with Crippen LogP contribution < -0.4 is 4.98 Å². The SMILES string of the molecule is C.C.CN[SiH](C)C. The predicted molar refractivity (Wildman–Crippen MR) is 41.4 cm³/mol. The van der Waals surface area contributed by atoms with Gasteiger partial charge in [0.05, 0.1) is 0 Å². The van der Waals surface area contributed by atoms with Gasteiger partial charge in [-0.15, -0.1) is 0 Å². The van der Waals surface area contributed by atoms with Gasteiger partial charge in [-0.25, -0.2) is 0 Å². The van der Waals surface area contributed by atoms with Crippen molar-refractivity contribution in [2.24, 2.45) is 0 Å². The van der Waals surface area contributed by atoms with Gasteiger partial charge in [-0.05, 0) is 7.05 Å². The molecular weight excluding hydrogens is 102 g/mol. The highest BCUT2D eigenvalue weighted by molar-refractivity contribution is 6.52. The van der Waals surface area contributed by atoms with Crippen LogP contribution in [0.5, 0.6) is 0 Å². The summed E-state index contributed by atoms with van der Waals surface area (Å²) in [6.07, 6.45) is 0. The van der Waals surface area contributed by atoms with Crippen molar-refractivity contribution in [3.8, 4) is 0 Å². The summed E-state index contributed by atoms with van der Waals surface area (Å²) in [6.45, 7) is 4.50. The van der Waals surface area contributed by atoms with Crippen molar-refractivity contribution >= 4 is 8.96 Å². The molecule has 0 aliphatic carbocycles. The molecule has 0 saturated heterocycles. The quantitative estimate of drug-likeness (QED) is 0.518. The fraction of sp³-hybridized carbons (Fsp3) is 1.00. The van der Waals surface area contributed by atoms with Crippen molar-refractivity contribution in [3.05, 3.63) is 0 Å². The van der Waals surface area contributed by atoms with Crippen molar-refractivity contribution in [2.45, 2.75) is 27.9 Å². The van der Waals surface area contributed by atoms with E-state index in [-0.39, 0.29) is 14.9 Å². The molecule has 0 atom stereocenters. The summed E-state index contributed by atoms with van der Waals surface area (Å²) in [7, 11) is 1.61. The molecule has 1 nitrogen and oxygen atoms in total. The predicted octanol–water partition coefficient (Wildman–Crippen LogP) is 1.46. The fourth-order valence-corrected chi connectivity index (χ4v) is 0. The summed E-state index contributed by atoms with van der Waals surface area (Å²) >= 11 is 0. The molecule has 0 saturated carbocycles. The lowest BCUT2D eigenvalue weighted by Crippen LogP contribution is -2.21. The highest BCUT2D eigenvalue weighted by Gasteiger charge is 1.80. The van der Waals surface area contributed by atoms with Crippen LogP contribution in [-0.4, -0.2) is 16.0 Å². The molecule has 48 valence electrons. The van der Waals surface area contributed by atoms with Gasteiger partial charge in [0.25, 0.3) is 0 Å². The van der Waals surface area contributed by atoms with E-state index in [2.05, 4.69) is 18.1 Å². The molecule has 0 aliphatic heterocycles. The van der Waals surface area contributed by atoms with Gasteiger partial charge in [-0.1, -0.05) is 27.9 Å². The van der Waals surface area contributed by atoms with Gasteiger partial charge in [-0.3, -0.25) is 0 Å². The van der Waals surface area contributed by atoms with Crippen LogP contribution in [0.2, 0.25) is 13.1 Å². The maximum atomic E-state index is 3.17. The molecule has 7 heavy (non-hydrogen) atoms. The van der Waals surface area contributed by atoms with Crippen LogP contribution in [0, 0.1) is 0 Å². The Bertz CT molecular complexity index is 22.0. The van der Waals surface area contributed by atoms with E-state index < -0.39 is 8.96 Å². The van der Waals surface area contributed by atoms with E-state index in [1.54, 1.807) is 0 Å². The van der Waals surface area contributed by atoms with E-state index in [4.69, 9.17) is 0 Å². The van der Waals surface area contributed by atoms with E-state index >= 15 is 0 Å². The zero-order chi connectivity index (χ0) is 4.28. The van der Waals surface area contributed by atoms with Crippen molar-refractivity contribution in [1.29, 1.82) is 0 Å². The Balaban J connectivity index is -0.0000000800. The summed E-state index contributed by atoms with van der Waals surface area (Å²) in [6, 6.07) is 0. The Morgan fingerprint density at radius 2 is 1.29 bits per heavy atom. The second-order valence-corrected chi connectivity index (χ2v) is 4.33. The molecule has 0 unspecified atom stereocenters. The molecule has 2 heteroatoms. The lowest BCUT2D eigenvalue weighted by atomic mass is 11.6. The lowest BCUT2D eigenvalue weighted by Gasteiger charge is -1.92. The minimum atomic E-state index is -0.400. The molecule has 1 N–H and O–H groups in total. The van der Waals surface area contributed by atoms with Crippen LogP contribution in [0.15, 0.2) is 0 Å². The summed E-state index contributed by atoms with van der Waals surface area (Å²) in [5, 5.41) is 0. The second-order valence-electron chi connectivity index (χ2n) is 1.44. The minimum absolute atomic E-state index is 0. The van der Waals surface area contributed by atoms with Crippen LogP contribution in [0.1, 0.15) is 14.9 Å². The average Bonchev–Trinajstić information content (AvgIpc) is 1.38. The number of hydrogen-bond acceptors (Lipinski definition) is 1. The van der Waals surface area contributed by atoms with E-state index in [1.807, 2.05) is 7.05 Å². The third kappa shape index (κ3) is 22.7. The first-order valence-electron chi connectivity index (χ1n) is 1.94. The Morgan fingerprint density at radius 3 is 1.29 bits per heavy atom. The smallest absolute Gasteiger partial charge is 0.102 e. The van der Waals surface area contributed by atoms with Crippen LogP contribution in [0.3, 0.4) is 0 Å². The average molecular weight is 121 g/mol. The van der Waals surface area contributed by atoms with E-state index in [9.17, 15) is 0 Å². The van der Waals surface area contributed by atoms with Gasteiger partial charge in [-0.2, -0.15) is 0 Å². The maximum absolute atomic E-state index is 3.17. The molecule has 0 bridgehead atoms. The number of rotatable bonds is 1. The van der Waals surface area contributed by atoms with Crippen LogP contribution in [0.4, 0.5) is 0 Å². The number of hydrogen-bond donors (Lipinski definition) is 1. The van der Waals surface area contributed by atoms with Crippen molar-refractivity contribution in [3.63, 3.8) is 0 Å². The first-order chi connectivity index (χ1) is 2.27. The van der Waals surface area contributed by atoms with Crippen LogP contribution in [-0.2, 0) is 0 Å². The Labute approximate surface area is 49.8 Å². The monoisotopic (exact) mass is 121 g/mol. The largest absolute Gasteiger partial charge is 0.343 e. The molecule has 0 rings (SSSR count). The molecule has 0 amide bonds. The Kier molecular flexibility index (Phi) is 21.3. The lowest BCUT2D eigenvalue weighted by molar-refractivity contribution is 1.21. The topological polar surface area (TPSA) is 12.0 Å². The van der Waals surface area contributed by atoms with Crippen LogP contribution in [0.25, 0.3) is 0 Å². The van der Waals surface area contributed by atoms with E-state index in [0.29, 0.717) is 0 Å². The van der Waals surface area contributed by atoms with Gasteiger partial charge in [0.2, 0.25) is 0 Å². The van der Waals surface area contributed by atoms with Gasteiger partial charge < -0.3 is 4.98 Å². The van der Waals surface area contributed by atoms with Gasteiger partial charge >= 0.3 is 0 Å². The summed E-state index contributed by atoms with van der Waals surface area (Å²) in [4.78, 5) is 3.17. The highest BCUT2D eigenvalue weighted by Crippen LogP contribution is 1.62. The van der Waals surface area contributed by atoms with Crippen LogP contribution >= 0.6 is 0 Å². The summed E-state index contributed by atoms with van der Waals surface area (Å²) < 4.78 is 0. The molecule has 0 aromatic heterocycles. The molecule has 0 heterocycles. The molecule has 0 aliphatic rings. The standard InChI is InChI=1S/C3H11NSi.2CH4/c1-4-5(2)3;;/h4-5H,1-3H3;2*1H4. The van der Waals surface area contributed by atoms with Crippen molar-refractivity contribution in [1.82, 2.24) is 4.98 Å². The molecule has 0 spiro atoms. The van der Waals surface area contributed by atoms with E-state index in [1.165, 1.54) is 0 Å². The van der Waals surface area contributed by atoms with Crippen molar-refractivity contribution < 1.29 is 0 Å². The summed E-state index contributed by atoms with van der Waals surface area (Å²) in [5.41, 5.74) is 0. The van der Waals surface area contributed by atoms with Gasteiger partial charge in [0.15, 0.2) is 0 Å². The highest BCUT2D eigenvalue weighted by atomic mass is 28.3. The molecule has 0 aromatic rings. The Hall–Kier alpha value is 0.177. The zero-order valence-corrected chi connectivity index (χ0v) is 5.23.